The summed E-state index contributed by atoms with van der Waals surface area (Å²) in [6.45, 7) is 1.55. The van der Waals surface area contributed by atoms with Gasteiger partial charge in [-0.05, 0) is 91.7 Å². The first-order chi connectivity index (χ1) is 15.6. The molecule has 4 fully saturated rings. The van der Waals surface area contributed by atoms with Crippen LogP contribution in [0.5, 0.6) is 5.75 Å². The number of methoxy groups -OCH3 is 1. The third-order valence-electron chi connectivity index (χ3n) is 8.05. The molecule has 2 aromatic carbocycles. The molecule has 4 saturated carbocycles. The van der Waals surface area contributed by atoms with Gasteiger partial charge in [0.2, 0.25) is 5.91 Å². The van der Waals surface area contributed by atoms with Gasteiger partial charge in [-0.2, -0.15) is 0 Å². The summed E-state index contributed by atoms with van der Waals surface area (Å²) in [5.74, 6) is 5.37. The van der Waals surface area contributed by atoms with Crippen molar-refractivity contribution >= 4 is 22.6 Å². The van der Waals surface area contributed by atoms with E-state index in [-0.39, 0.29) is 5.91 Å². The molecule has 7 rings (SSSR count). The summed E-state index contributed by atoms with van der Waals surface area (Å²) in [5.41, 5.74) is 4.21. The average Bonchev–Trinajstić information content (AvgIpc) is 3.09. The number of imidazole rings is 1. The zero-order valence-electron chi connectivity index (χ0n) is 18.9. The standard InChI is InChI=1S/C27H31N3O2/c1-16(31)28-22-6-7-25-24(15-22)29-26(14-17-4-3-5-23(13-17)32-2)30(25)27-20-9-18-8-19(11-20)12-21(27)10-18/h3-7,13,15,18-21,27H,8-12,14H2,1-2H3,(H,28,31). The van der Waals surface area contributed by atoms with Crippen LogP contribution in [0.4, 0.5) is 5.69 Å². The Morgan fingerprint density at radius 2 is 1.81 bits per heavy atom. The van der Waals surface area contributed by atoms with E-state index in [1.54, 1.807) is 14.0 Å². The molecule has 4 aliphatic carbocycles. The molecular weight excluding hydrogens is 398 g/mol. The van der Waals surface area contributed by atoms with Crippen molar-refractivity contribution in [1.82, 2.24) is 9.55 Å². The fourth-order valence-electron chi connectivity index (χ4n) is 7.17. The maximum Gasteiger partial charge on any atom is 0.221 e. The highest BCUT2D eigenvalue weighted by Crippen LogP contribution is 2.59. The van der Waals surface area contributed by atoms with Crippen molar-refractivity contribution in [3.05, 3.63) is 53.9 Å². The van der Waals surface area contributed by atoms with Crippen molar-refractivity contribution < 1.29 is 9.53 Å². The van der Waals surface area contributed by atoms with Crippen LogP contribution in [-0.2, 0) is 11.2 Å². The predicted octanol–water partition coefficient (Wildman–Crippen LogP) is 5.59. The largest absolute Gasteiger partial charge is 0.497 e. The van der Waals surface area contributed by atoms with Gasteiger partial charge in [-0.25, -0.2) is 4.98 Å². The number of hydrogen-bond donors (Lipinski definition) is 1. The number of fused-ring (bicyclic) bond motifs is 1. The molecule has 1 N–H and O–H groups in total. The number of carbonyl (C=O) groups excluding carboxylic acids is 1. The SMILES string of the molecule is COc1cccc(Cc2nc3cc(NC(C)=O)ccc3n2C2C3CC4CC(C3)CC2C4)c1. The molecule has 1 amide bonds. The summed E-state index contributed by atoms with van der Waals surface area (Å²) < 4.78 is 8.04. The molecule has 0 unspecified atom stereocenters. The lowest BCUT2D eigenvalue weighted by Crippen LogP contribution is -2.46. The van der Waals surface area contributed by atoms with Gasteiger partial charge in [-0.15, -0.1) is 0 Å². The third-order valence-corrected chi connectivity index (χ3v) is 8.05. The summed E-state index contributed by atoms with van der Waals surface area (Å²) in [7, 11) is 1.71. The van der Waals surface area contributed by atoms with Gasteiger partial charge in [-0.3, -0.25) is 4.79 Å². The first-order valence-electron chi connectivity index (χ1n) is 12.0. The van der Waals surface area contributed by atoms with Crippen LogP contribution in [0.15, 0.2) is 42.5 Å². The van der Waals surface area contributed by atoms with Crippen molar-refractivity contribution in [2.24, 2.45) is 23.7 Å². The lowest BCUT2D eigenvalue weighted by atomic mass is 9.54. The van der Waals surface area contributed by atoms with E-state index in [1.165, 1.54) is 43.2 Å². The minimum atomic E-state index is -0.0542. The monoisotopic (exact) mass is 429 g/mol. The number of rotatable bonds is 5. The van der Waals surface area contributed by atoms with E-state index in [9.17, 15) is 4.79 Å². The second-order valence-corrected chi connectivity index (χ2v) is 10.2. The first-order valence-corrected chi connectivity index (χ1v) is 12.0. The minimum Gasteiger partial charge on any atom is -0.497 e. The van der Waals surface area contributed by atoms with E-state index in [2.05, 4.69) is 34.1 Å². The molecule has 4 bridgehead atoms. The van der Waals surface area contributed by atoms with E-state index >= 15 is 0 Å². The fraction of sp³-hybridized carbons (Fsp3) is 0.481. The summed E-state index contributed by atoms with van der Waals surface area (Å²) in [6, 6.07) is 15.1. The summed E-state index contributed by atoms with van der Waals surface area (Å²) in [6.07, 6.45) is 7.74. The van der Waals surface area contributed by atoms with Crippen molar-refractivity contribution in [1.29, 1.82) is 0 Å². The summed E-state index contributed by atoms with van der Waals surface area (Å²) in [4.78, 5) is 16.7. The molecule has 0 saturated heterocycles. The zero-order valence-corrected chi connectivity index (χ0v) is 18.9. The molecule has 0 atom stereocenters. The Morgan fingerprint density at radius 3 is 2.50 bits per heavy atom. The Morgan fingerprint density at radius 1 is 1.06 bits per heavy atom. The highest BCUT2D eigenvalue weighted by molar-refractivity contribution is 5.91. The van der Waals surface area contributed by atoms with Gasteiger partial charge < -0.3 is 14.6 Å². The molecule has 0 spiro atoms. The number of amides is 1. The first kappa shape index (κ1) is 19.8. The quantitative estimate of drug-likeness (QED) is 0.575. The van der Waals surface area contributed by atoms with Crippen LogP contribution < -0.4 is 10.1 Å². The van der Waals surface area contributed by atoms with Crippen LogP contribution in [0.1, 0.15) is 56.5 Å². The highest BCUT2D eigenvalue weighted by atomic mass is 16.5. The van der Waals surface area contributed by atoms with E-state index in [4.69, 9.17) is 9.72 Å². The molecule has 5 nitrogen and oxygen atoms in total. The van der Waals surface area contributed by atoms with Crippen LogP contribution in [0, 0.1) is 23.7 Å². The smallest absolute Gasteiger partial charge is 0.221 e. The fourth-order valence-corrected chi connectivity index (χ4v) is 7.17. The number of nitrogens with one attached hydrogen (secondary N) is 1. The molecule has 1 aromatic heterocycles. The number of nitrogens with zero attached hydrogens (tertiary/aromatic N) is 2. The Balaban J connectivity index is 1.45. The molecule has 0 aliphatic heterocycles. The van der Waals surface area contributed by atoms with Crippen molar-refractivity contribution in [3.63, 3.8) is 0 Å². The van der Waals surface area contributed by atoms with E-state index < -0.39 is 0 Å². The second-order valence-electron chi connectivity index (χ2n) is 10.2. The third kappa shape index (κ3) is 3.39. The highest BCUT2D eigenvalue weighted by Gasteiger charge is 2.49. The second kappa shape index (κ2) is 7.65. The van der Waals surface area contributed by atoms with Crippen LogP contribution in [0.3, 0.4) is 0 Å². The molecule has 3 aromatic rings. The van der Waals surface area contributed by atoms with Crippen LogP contribution >= 0.6 is 0 Å². The molecule has 0 radical (unpaired) electrons. The zero-order chi connectivity index (χ0) is 21.8. The van der Waals surface area contributed by atoms with Gasteiger partial charge in [0.25, 0.3) is 0 Å². The maximum absolute atomic E-state index is 11.6. The number of ether oxygens (including phenoxy) is 1. The predicted molar refractivity (Wildman–Crippen MR) is 126 cm³/mol. The normalized spacial score (nSPS) is 28.2. The molecule has 32 heavy (non-hydrogen) atoms. The summed E-state index contributed by atoms with van der Waals surface area (Å²) in [5, 5.41) is 2.92. The Labute approximate surface area is 189 Å². The number of carbonyl (C=O) groups is 1. The topological polar surface area (TPSA) is 56.1 Å². The van der Waals surface area contributed by atoms with Gasteiger partial charge in [0, 0.05) is 25.1 Å². The minimum absolute atomic E-state index is 0.0542. The lowest BCUT2D eigenvalue weighted by molar-refractivity contribution is -0.114. The van der Waals surface area contributed by atoms with Gasteiger partial charge in [0.15, 0.2) is 0 Å². The molecule has 166 valence electrons. The maximum atomic E-state index is 11.6. The molecule has 1 heterocycles. The number of aromatic nitrogens is 2. The lowest BCUT2D eigenvalue weighted by Gasteiger charge is -2.55. The van der Waals surface area contributed by atoms with E-state index in [1.807, 2.05) is 18.2 Å². The van der Waals surface area contributed by atoms with Gasteiger partial charge >= 0.3 is 0 Å². The average molecular weight is 430 g/mol. The van der Waals surface area contributed by atoms with Crippen LogP contribution in [0.2, 0.25) is 0 Å². The van der Waals surface area contributed by atoms with Gasteiger partial charge in [0.1, 0.15) is 11.6 Å². The molecular formula is C27H31N3O2. The Bertz CT molecular complexity index is 1150. The van der Waals surface area contributed by atoms with E-state index in [0.717, 1.165) is 52.9 Å². The number of benzene rings is 2. The number of anilines is 1. The van der Waals surface area contributed by atoms with E-state index in [0.29, 0.717) is 6.04 Å². The summed E-state index contributed by atoms with van der Waals surface area (Å²) >= 11 is 0. The molecule has 5 heteroatoms. The van der Waals surface area contributed by atoms with Crippen molar-refractivity contribution in [3.8, 4) is 5.75 Å². The van der Waals surface area contributed by atoms with Crippen LogP contribution in [-0.4, -0.2) is 22.6 Å². The number of hydrogen-bond acceptors (Lipinski definition) is 3. The van der Waals surface area contributed by atoms with Crippen LogP contribution in [0.25, 0.3) is 11.0 Å². The molecule has 4 aliphatic rings. The van der Waals surface area contributed by atoms with Crippen molar-refractivity contribution in [2.75, 3.05) is 12.4 Å². The van der Waals surface area contributed by atoms with Crippen molar-refractivity contribution in [2.45, 2.75) is 51.5 Å². The van der Waals surface area contributed by atoms with Gasteiger partial charge in [0.05, 0.1) is 18.1 Å². The Hall–Kier alpha value is -2.82. The van der Waals surface area contributed by atoms with Gasteiger partial charge in [-0.1, -0.05) is 12.1 Å². The Kier molecular flexibility index (Phi) is 4.74.